The summed E-state index contributed by atoms with van der Waals surface area (Å²) >= 11 is 0. The van der Waals surface area contributed by atoms with Gasteiger partial charge in [-0.3, -0.25) is 4.98 Å². The topological polar surface area (TPSA) is 70.3 Å². The van der Waals surface area contributed by atoms with E-state index in [0.29, 0.717) is 11.6 Å². The Morgan fingerprint density at radius 2 is 2.29 bits per heavy atom. The smallest absolute Gasteiger partial charge is 0.236 e. The van der Waals surface area contributed by atoms with Crippen LogP contribution < -0.4 is 10.5 Å². The molecule has 1 aromatic rings. The largest absolute Gasteiger partial charge is 0.480 e. The zero-order valence-corrected chi connectivity index (χ0v) is 10.1. The molecule has 2 atom stereocenters. The summed E-state index contributed by atoms with van der Waals surface area (Å²) < 4.78 is 10.8. The first-order valence-corrected chi connectivity index (χ1v) is 6.03. The van der Waals surface area contributed by atoms with Crippen LogP contribution in [0.4, 0.5) is 0 Å². The Balaban J connectivity index is 2.00. The molecule has 1 fully saturated rings. The van der Waals surface area contributed by atoms with Crippen molar-refractivity contribution >= 4 is 0 Å². The lowest BCUT2D eigenvalue weighted by atomic mass is 10.0. The highest BCUT2D eigenvalue weighted by Crippen LogP contribution is 2.25. The highest BCUT2D eigenvalue weighted by atomic mass is 16.5. The number of nitrogens with zero attached hydrogens (tertiary/aromatic N) is 2. The molecule has 1 aromatic heterocycles. The second-order valence-electron chi connectivity index (χ2n) is 4.28. The summed E-state index contributed by atoms with van der Waals surface area (Å²) in [5.41, 5.74) is 6.85. The van der Waals surface area contributed by atoms with Gasteiger partial charge >= 0.3 is 0 Å². The first kappa shape index (κ1) is 12.3. The van der Waals surface area contributed by atoms with Crippen LogP contribution in [0.5, 0.6) is 5.88 Å². The summed E-state index contributed by atoms with van der Waals surface area (Å²) in [5.74, 6) is 0.510. The summed E-state index contributed by atoms with van der Waals surface area (Å²) in [6.45, 7) is 0.842. The standard InChI is InChI=1S/C12H19N3O2/c1-16-12-11(14-5-6-15-12)10(13)8-9-4-2-3-7-17-9/h5-6,9-10H,2-4,7-8,13H2,1H3. The van der Waals surface area contributed by atoms with Crippen LogP contribution in [0, 0.1) is 0 Å². The van der Waals surface area contributed by atoms with Crippen LogP contribution >= 0.6 is 0 Å². The molecule has 1 aliphatic heterocycles. The number of rotatable bonds is 4. The lowest BCUT2D eigenvalue weighted by Crippen LogP contribution is -2.25. The van der Waals surface area contributed by atoms with Gasteiger partial charge in [0.25, 0.3) is 0 Å². The Bertz CT molecular complexity index is 353. The molecule has 17 heavy (non-hydrogen) atoms. The number of aromatic nitrogens is 2. The zero-order chi connectivity index (χ0) is 12.1. The van der Waals surface area contributed by atoms with E-state index in [9.17, 15) is 0 Å². The fourth-order valence-electron chi connectivity index (χ4n) is 2.14. The third-order valence-electron chi connectivity index (χ3n) is 3.03. The van der Waals surface area contributed by atoms with Gasteiger partial charge in [0.15, 0.2) is 0 Å². The first-order chi connectivity index (χ1) is 8.31. The van der Waals surface area contributed by atoms with Gasteiger partial charge in [0, 0.05) is 19.0 Å². The molecule has 0 bridgehead atoms. The lowest BCUT2D eigenvalue weighted by Gasteiger charge is -2.25. The molecule has 0 aliphatic carbocycles. The van der Waals surface area contributed by atoms with Crippen LogP contribution in [0.15, 0.2) is 12.4 Å². The van der Waals surface area contributed by atoms with Crippen molar-refractivity contribution in [2.75, 3.05) is 13.7 Å². The zero-order valence-electron chi connectivity index (χ0n) is 10.1. The van der Waals surface area contributed by atoms with Gasteiger partial charge < -0.3 is 15.2 Å². The van der Waals surface area contributed by atoms with Crippen molar-refractivity contribution in [1.29, 1.82) is 0 Å². The SMILES string of the molecule is COc1nccnc1C(N)CC1CCCCO1. The van der Waals surface area contributed by atoms with Crippen LogP contribution in [0.25, 0.3) is 0 Å². The van der Waals surface area contributed by atoms with E-state index in [1.165, 1.54) is 6.42 Å². The molecule has 2 rings (SSSR count). The molecular weight excluding hydrogens is 218 g/mol. The Hall–Kier alpha value is -1.20. The summed E-state index contributed by atoms with van der Waals surface area (Å²) in [6.07, 6.45) is 7.71. The van der Waals surface area contributed by atoms with Gasteiger partial charge in [0.1, 0.15) is 5.69 Å². The second-order valence-corrected chi connectivity index (χ2v) is 4.28. The van der Waals surface area contributed by atoms with Crippen LogP contribution in [-0.2, 0) is 4.74 Å². The normalized spacial score (nSPS) is 22.1. The Morgan fingerprint density at radius 3 is 3.00 bits per heavy atom. The molecule has 0 spiro atoms. The molecule has 0 radical (unpaired) electrons. The third kappa shape index (κ3) is 3.14. The predicted octanol–water partition coefficient (Wildman–Crippen LogP) is 1.44. The van der Waals surface area contributed by atoms with Crippen LogP contribution in [0.3, 0.4) is 0 Å². The Labute approximate surface area is 101 Å². The lowest BCUT2D eigenvalue weighted by molar-refractivity contribution is 0.00694. The van der Waals surface area contributed by atoms with Crippen molar-refractivity contribution in [1.82, 2.24) is 9.97 Å². The maximum absolute atomic E-state index is 6.14. The summed E-state index contributed by atoms with van der Waals surface area (Å²) in [6, 6.07) is -0.179. The van der Waals surface area contributed by atoms with Gasteiger partial charge in [-0.15, -0.1) is 0 Å². The fraction of sp³-hybridized carbons (Fsp3) is 0.667. The predicted molar refractivity (Wildman–Crippen MR) is 63.7 cm³/mol. The number of hydrogen-bond acceptors (Lipinski definition) is 5. The van der Waals surface area contributed by atoms with E-state index < -0.39 is 0 Å². The molecule has 0 saturated carbocycles. The third-order valence-corrected chi connectivity index (χ3v) is 3.03. The minimum Gasteiger partial charge on any atom is -0.480 e. The van der Waals surface area contributed by atoms with Crippen molar-refractivity contribution in [3.63, 3.8) is 0 Å². The van der Waals surface area contributed by atoms with Gasteiger partial charge in [-0.2, -0.15) is 0 Å². The average Bonchev–Trinajstić information content (AvgIpc) is 2.40. The average molecular weight is 237 g/mol. The van der Waals surface area contributed by atoms with Crippen molar-refractivity contribution < 1.29 is 9.47 Å². The molecule has 5 nitrogen and oxygen atoms in total. The van der Waals surface area contributed by atoms with E-state index in [2.05, 4.69) is 9.97 Å². The van der Waals surface area contributed by atoms with Crippen molar-refractivity contribution in [3.05, 3.63) is 18.1 Å². The van der Waals surface area contributed by atoms with E-state index >= 15 is 0 Å². The maximum atomic E-state index is 6.14. The summed E-state index contributed by atoms with van der Waals surface area (Å²) in [5, 5.41) is 0. The number of hydrogen-bond donors (Lipinski definition) is 1. The summed E-state index contributed by atoms with van der Waals surface area (Å²) in [4.78, 5) is 8.35. The summed E-state index contributed by atoms with van der Waals surface area (Å²) in [7, 11) is 1.58. The molecule has 0 aromatic carbocycles. The monoisotopic (exact) mass is 237 g/mol. The Morgan fingerprint density at radius 1 is 1.47 bits per heavy atom. The maximum Gasteiger partial charge on any atom is 0.236 e. The molecule has 2 heterocycles. The number of methoxy groups -OCH3 is 1. The highest BCUT2D eigenvalue weighted by molar-refractivity contribution is 5.20. The Kier molecular flexibility index (Phi) is 4.28. The van der Waals surface area contributed by atoms with Crippen LogP contribution in [0.1, 0.15) is 37.4 Å². The quantitative estimate of drug-likeness (QED) is 0.858. The first-order valence-electron chi connectivity index (χ1n) is 6.03. The van der Waals surface area contributed by atoms with Crippen LogP contribution in [-0.4, -0.2) is 29.8 Å². The van der Waals surface area contributed by atoms with Gasteiger partial charge in [-0.1, -0.05) is 0 Å². The van der Waals surface area contributed by atoms with Gasteiger partial charge in [-0.05, 0) is 25.7 Å². The van der Waals surface area contributed by atoms with E-state index in [1.54, 1.807) is 19.5 Å². The minimum atomic E-state index is -0.179. The van der Waals surface area contributed by atoms with E-state index in [0.717, 1.165) is 25.9 Å². The number of ether oxygens (including phenoxy) is 2. The van der Waals surface area contributed by atoms with E-state index in [1.807, 2.05) is 0 Å². The van der Waals surface area contributed by atoms with E-state index in [-0.39, 0.29) is 12.1 Å². The van der Waals surface area contributed by atoms with Crippen LogP contribution in [0.2, 0.25) is 0 Å². The molecule has 2 unspecified atom stereocenters. The molecular formula is C12H19N3O2. The van der Waals surface area contributed by atoms with E-state index in [4.69, 9.17) is 15.2 Å². The second kappa shape index (κ2) is 5.93. The molecule has 2 N–H and O–H groups in total. The molecule has 0 amide bonds. The molecule has 94 valence electrons. The minimum absolute atomic E-state index is 0.179. The molecule has 1 saturated heterocycles. The molecule has 5 heteroatoms. The van der Waals surface area contributed by atoms with Gasteiger partial charge in [0.05, 0.1) is 19.3 Å². The number of nitrogens with two attached hydrogens (primary N) is 1. The van der Waals surface area contributed by atoms with Crippen molar-refractivity contribution in [2.45, 2.75) is 37.8 Å². The highest BCUT2D eigenvalue weighted by Gasteiger charge is 2.21. The van der Waals surface area contributed by atoms with Gasteiger partial charge in [-0.25, -0.2) is 4.98 Å². The molecule has 1 aliphatic rings. The van der Waals surface area contributed by atoms with Crippen molar-refractivity contribution in [3.8, 4) is 5.88 Å². The van der Waals surface area contributed by atoms with Crippen molar-refractivity contribution in [2.24, 2.45) is 5.73 Å². The fourth-order valence-corrected chi connectivity index (χ4v) is 2.14. The van der Waals surface area contributed by atoms with Gasteiger partial charge in [0.2, 0.25) is 5.88 Å².